The SMILES string of the molecule is NC(=S)c1ccccc1S(=O)(=O)NCC1CCOCC1. The third-order valence-corrected chi connectivity index (χ3v) is 5.05. The van der Waals surface area contributed by atoms with Crippen molar-refractivity contribution < 1.29 is 13.2 Å². The van der Waals surface area contributed by atoms with Crippen LogP contribution in [0, 0.1) is 5.92 Å². The highest BCUT2D eigenvalue weighted by Gasteiger charge is 2.21. The summed E-state index contributed by atoms with van der Waals surface area (Å²) in [6.07, 6.45) is 1.75. The van der Waals surface area contributed by atoms with E-state index in [1.165, 1.54) is 6.07 Å². The number of rotatable bonds is 5. The zero-order valence-electron chi connectivity index (χ0n) is 11.0. The smallest absolute Gasteiger partial charge is 0.241 e. The minimum atomic E-state index is -3.59. The van der Waals surface area contributed by atoms with Crippen molar-refractivity contribution in [2.24, 2.45) is 11.7 Å². The second kappa shape index (κ2) is 6.62. The highest BCUT2D eigenvalue weighted by atomic mass is 32.2. The molecule has 1 heterocycles. The van der Waals surface area contributed by atoms with Gasteiger partial charge in [0.1, 0.15) is 4.99 Å². The Balaban J connectivity index is 2.12. The van der Waals surface area contributed by atoms with Gasteiger partial charge in [-0.25, -0.2) is 13.1 Å². The van der Waals surface area contributed by atoms with Gasteiger partial charge in [0.05, 0.1) is 4.90 Å². The lowest BCUT2D eigenvalue weighted by molar-refractivity contribution is 0.0678. The average molecular weight is 314 g/mol. The van der Waals surface area contributed by atoms with Gasteiger partial charge < -0.3 is 10.5 Å². The normalized spacial score (nSPS) is 17.0. The Morgan fingerprint density at radius 2 is 2.00 bits per heavy atom. The Morgan fingerprint density at radius 1 is 1.35 bits per heavy atom. The highest BCUT2D eigenvalue weighted by molar-refractivity contribution is 7.89. The van der Waals surface area contributed by atoms with E-state index in [0.29, 0.717) is 31.2 Å². The third-order valence-electron chi connectivity index (χ3n) is 3.34. The molecule has 0 amide bonds. The number of nitrogens with two attached hydrogens (primary N) is 1. The lowest BCUT2D eigenvalue weighted by atomic mass is 10.0. The molecule has 0 aromatic heterocycles. The second-order valence-electron chi connectivity index (χ2n) is 4.77. The van der Waals surface area contributed by atoms with Gasteiger partial charge in [-0.3, -0.25) is 0 Å². The fraction of sp³-hybridized carbons (Fsp3) is 0.462. The van der Waals surface area contributed by atoms with Crippen molar-refractivity contribution in [2.75, 3.05) is 19.8 Å². The number of nitrogens with one attached hydrogen (secondary N) is 1. The zero-order valence-corrected chi connectivity index (χ0v) is 12.7. The lowest BCUT2D eigenvalue weighted by Crippen LogP contribution is -2.33. The summed E-state index contributed by atoms with van der Waals surface area (Å²) in [7, 11) is -3.59. The van der Waals surface area contributed by atoms with Crippen LogP contribution in [0.2, 0.25) is 0 Å². The Bertz CT molecular complexity index is 581. The van der Waals surface area contributed by atoms with Crippen molar-refractivity contribution in [1.29, 1.82) is 0 Å². The molecular formula is C13H18N2O3S2. The van der Waals surface area contributed by atoms with Crippen molar-refractivity contribution in [3.63, 3.8) is 0 Å². The zero-order chi connectivity index (χ0) is 14.6. The van der Waals surface area contributed by atoms with Crippen LogP contribution in [0.5, 0.6) is 0 Å². The Morgan fingerprint density at radius 3 is 2.65 bits per heavy atom. The lowest BCUT2D eigenvalue weighted by Gasteiger charge is -2.22. The number of hydrogen-bond donors (Lipinski definition) is 2. The molecule has 3 N–H and O–H groups in total. The predicted molar refractivity (Wildman–Crippen MR) is 81.1 cm³/mol. The summed E-state index contributed by atoms with van der Waals surface area (Å²) in [6.45, 7) is 1.79. The Labute approximate surface area is 124 Å². The van der Waals surface area contributed by atoms with Gasteiger partial charge in [0.25, 0.3) is 0 Å². The van der Waals surface area contributed by atoms with Crippen LogP contribution in [0.15, 0.2) is 29.2 Å². The van der Waals surface area contributed by atoms with Crippen LogP contribution in [-0.2, 0) is 14.8 Å². The standard InChI is InChI=1S/C13H18N2O3S2/c14-13(19)11-3-1-2-4-12(11)20(16,17)15-9-10-5-7-18-8-6-10/h1-4,10,15H,5-9H2,(H2,14,19). The largest absolute Gasteiger partial charge is 0.389 e. The van der Waals surface area contributed by atoms with E-state index in [1.807, 2.05) is 0 Å². The van der Waals surface area contributed by atoms with Crippen molar-refractivity contribution in [3.05, 3.63) is 29.8 Å². The van der Waals surface area contributed by atoms with Gasteiger partial charge in [-0.05, 0) is 24.8 Å². The van der Waals surface area contributed by atoms with E-state index in [-0.39, 0.29) is 9.88 Å². The Hall–Kier alpha value is -1.02. The van der Waals surface area contributed by atoms with E-state index >= 15 is 0 Å². The molecule has 110 valence electrons. The number of ether oxygens (including phenoxy) is 1. The van der Waals surface area contributed by atoms with Crippen LogP contribution in [0.1, 0.15) is 18.4 Å². The molecule has 1 fully saturated rings. The van der Waals surface area contributed by atoms with Gasteiger partial charge in [-0.2, -0.15) is 0 Å². The van der Waals surface area contributed by atoms with Crippen molar-refractivity contribution in [3.8, 4) is 0 Å². The van der Waals surface area contributed by atoms with E-state index < -0.39 is 10.0 Å². The minimum absolute atomic E-state index is 0.0806. The first-order chi connectivity index (χ1) is 9.50. The van der Waals surface area contributed by atoms with Crippen LogP contribution in [0.4, 0.5) is 0 Å². The number of benzene rings is 1. The summed E-state index contributed by atoms with van der Waals surface area (Å²) >= 11 is 4.90. The second-order valence-corrected chi connectivity index (χ2v) is 6.94. The van der Waals surface area contributed by atoms with Crippen LogP contribution in [-0.4, -0.2) is 33.2 Å². The first-order valence-corrected chi connectivity index (χ1v) is 8.36. The third kappa shape index (κ3) is 3.76. The number of thiocarbonyl (C=S) groups is 1. The fourth-order valence-corrected chi connectivity index (χ4v) is 3.74. The summed E-state index contributed by atoms with van der Waals surface area (Å²) in [5, 5.41) is 0. The van der Waals surface area contributed by atoms with Crippen LogP contribution in [0.3, 0.4) is 0 Å². The summed E-state index contributed by atoms with van der Waals surface area (Å²) in [5.41, 5.74) is 5.95. The molecule has 1 aromatic carbocycles. The minimum Gasteiger partial charge on any atom is -0.389 e. The summed E-state index contributed by atoms with van der Waals surface area (Å²) < 4.78 is 32.6. The van der Waals surface area contributed by atoms with Gasteiger partial charge in [-0.1, -0.05) is 30.4 Å². The maximum absolute atomic E-state index is 12.3. The molecule has 1 aliphatic heterocycles. The van der Waals surface area contributed by atoms with Crippen molar-refractivity contribution in [1.82, 2.24) is 4.72 Å². The molecule has 7 heteroatoms. The molecule has 0 aliphatic carbocycles. The summed E-state index contributed by atoms with van der Waals surface area (Å²) in [4.78, 5) is 0.219. The van der Waals surface area contributed by atoms with E-state index in [1.54, 1.807) is 18.2 Å². The monoisotopic (exact) mass is 314 g/mol. The molecule has 20 heavy (non-hydrogen) atoms. The molecular weight excluding hydrogens is 296 g/mol. The maximum atomic E-state index is 12.3. The molecule has 0 unspecified atom stereocenters. The van der Waals surface area contributed by atoms with Gasteiger partial charge in [0.15, 0.2) is 0 Å². The first-order valence-electron chi connectivity index (χ1n) is 6.47. The molecule has 0 radical (unpaired) electrons. The van der Waals surface area contributed by atoms with E-state index in [9.17, 15) is 8.42 Å². The van der Waals surface area contributed by atoms with E-state index in [2.05, 4.69) is 4.72 Å². The molecule has 0 atom stereocenters. The number of sulfonamides is 1. The van der Waals surface area contributed by atoms with E-state index in [0.717, 1.165) is 12.8 Å². The first kappa shape index (κ1) is 15.4. The quantitative estimate of drug-likeness (QED) is 0.793. The average Bonchev–Trinajstić information content (AvgIpc) is 2.46. The van der Waals surface area contributed by atoms with Crippen LogP contribution >= 0.6 is 12.2 Å². The van der Waals surface area contributed by atoms with Crippen molar-refractivity contribution in [2.45, 2.75) is 17.7 Å². The van der Waals surface area contributed by atoms with Crippen LogP contribution < -0.4 is 10.5 Å². The topological polar surface area (TPSA) is 81.4 Å². The van der Waals surface area contributed by atoms with E-state index in [4.69, 9.17) is 22.7 Å². The molecule has 5 nitrogen and oxygen atoms in total. The molecule has 1 saturated heterocycles. The van der Waals surface area contributed by atoms with Gasteiger partial charge in [0, 0.05) is 25.3 Å². The van der Waals surface area contributed by atoms with Crippen molar-refractivity contribution >= 4 is 27.2 Å². The summed E-state index contributed by atoms with van der Waals surface area (Å²) in [5.74, 6) is 0.315. The number of hydrogen-bond acceptors (Lipinski definition) is 4. The Kier molecular flexibility index (Phi) is 5.09. The van der Waals surface area contributed by atoms with Crippen LogP contribution in [0.25, 0.3) is 0 Å². The van der Waals surface area contributed by atoms with Gasteiger partial charge in [0.2, 0.25) is 10.0 Å². The molecule has 0 spiro atoms. The van der Waals surface area contributed by atoms with Gasteiger partial charge in [-0.15, -0.1) is 0 Å². The molecule has 0 bridgehead atoms. The highest BCUT2D eigenvalue weighted by Crippen LogP contribution is 2.17. The maximum Gasteiger partial charge on any atom is 0.241 e. The molecule has 0 saturated carbocycles. The summed E-state index contributed by atoms with van der Waals surface area (Å²) in [6, 6.07) is 6.50. The molecule has 1 aromatic rings. The van der Waals surface area contributed by atoms with Gasteiger partial charge >= 0.3 is 0 Å². The molecule has 1 aliphatic rings. The molecule has 2 rings (SSSR count). The fourth-order valence-electron chi connectivity index (χ4n) is 2.16. The predicted octanol–water partition coefficient (Wildman–Crippen LogP) is 1.03.